The van der Waals surface area contributed by atoms with Crippen molar-refractivity contribution in [3.05, 3.63) is 34.9 Å². The lowest BCUT2D eigenvalue weighted by Crippen LogP contribution is -2.33. The van der Waals surface area contributed by atoms with E-state index >= 15 is 0 Å². The van der Waals surface area contributed by atoms with E-state index in [1.54, 1.807) is 4.90 Å². The average Bonchev–Trinajstić information content (AvgIpc) is 2.76. The van der Waals surface area contributed by atoms with Gasteiger partial charge in [-0.1, -0.05) is 18.2 Å². The molecule has 0 radical (unpaired) electrons. The van der Waals surface area contributed by atoms with Gasteiger partial charge in [-0.2, -0.15) is 0 Å². The molecule has 1 fully saturated rings. The summed E-state index contributed by atoms with van der Waals surface area (Å²) in [7, 11) is 0. The first-order valence-corrected chi connectivity index (χ1v) is 6.52. The van der Waals surface area contributed by atoms with Gasteiger partial charge in [-0.05, 0) is 36.0 Å². The summed E-state index contributed by atoms with van der Waals surface area (Å²) in [5.74, 6) is 0. The number of hydrogen-bond donors (Lipinski definition) is 1. The smallest absolute Gasteiger partial charge is 0.410 e. The molecule has 3 rings (SSSR count). The molecule has 0 atom stereocenters. The van der Waals surface area contributed by atoms with E-state index in [4.69, 9.17) is 10.5 Å². The fraction of sp³-hybridized carbons (Fsp3) is 0.500. The molecule has 1 aliphatic heterocycles. The maximum atomic E-state index is 12.0. The molecular weight excluding hydrogens is 228 g/mol. The summed E-state index contributed by atoms with van der Waals surface area (Å²) in [6, 6.07) is 6.18. The van der Waals surface area contributed by atoms with Gasteiger partial charge in [0.25, 0.3) is 0 Å². The van der Waals surface area contributed by atoms with Crippen LogP contribution in [0.3, 0.4) is 0 Å². The summed E-state index contributed by atoms with van der Waals surface area (Å²) in [6.45, 7) is 1.85. The highest BCUT2D eigenvalue weighted by Gasteiger charge is 2.28. The van der Waals surface area contributed by atoms with Gasteiger partial charge in [-0.3, -0.25) is 4.90 Å². The van der Waals surface area contributed by atoms with Crippen molar-refractivity contribution >= 4 is 6.09 Å². The standard InChI is InChI=1S/C14H18N2O2/c15-7-10-4-5-11-8-16(9-12(11)6-10)14(17)18-13-2-1-3-13/h4-6,13H,1-3,7-9,15H2. The number of ether oxygens (including phenoxy) is 1. The van der Waals surface area contributed by atoms with Crippen molar-refractivity contribution in [3.63, 3.8) is 0 Å². The van der Waals surface area contributed by atoms with Crippen LogP contribution in [0.25, 0.3) is 0 Å². The topological polar surface area (TPSA) is 55.6 Å². The van der Waals surface area contributed by atoms with Crippen LogP contribution in [-0.4, -0.2) is 17.1 Å². The summed E-state index contributed by atoms with van der Waals surface area (Å²) >= 11 is 0. The molecule has 0 aromatic heterocycles. The van der Waals surface area contributed by atoms with Crippen LogP contribution in [-0.2, 0) is 24.4 Å². The molecule has 1 amide bonds. The van der Waals surface area contributed by atoms with Crippen LogP contribution in [0, 0.1) is 0 Å². The van der Waals surface area contributed by atoms with E-state index in [0.717, 1.165) is 18.4 Å². The van der Waals surface area contributed by atoms with Crippen molar-refractivity contribution in [2.45, 2.75) is 45.0 Å². The quantitative estimate of drug-likeness (QED) is 0.870. The van der Waals surface area contributed by atoms with Gasteiger partial charge in [0.1, 0.15) is 6.10 Å². The van der Waals surface area contributed by atoms with Gasteiger partial charge in [0.2, 0.25) is 0 Å². The lowest BCUT2D eigenvalue weighted by molar-refractivity contribution is 0.0261. The number of nitrogens with zero attached hydrogens (tertiary/aromatic N) is 1. The summed E-state index contributed by atoms with van der Waals surface area (Å²) in [5, 5.41) is 0. The minimum atomic E-state index is -0.176. The number of hydrogen-bond acceptors (Lipinski definition) is 3. The van der Waals surface area contributed by atoms with Crippen molar-refractivity contribution in [3.8, 4) is 0 Å². The van der Waals surface area contributed by atoms with Crippen molar-refractivity contribution in [1.82, 2.24) is 4.90 Å². The normalized spacial score (nSPS) is 18.4. The molecular formula is C14H18N2O2. The van der Waals surface area contributed by atoms with Crippen molar-refractivity contribution < 1.29 is 9.53 Å². The Morgan fingerprint density at radius 2 is 2.11 bits per heavy atom. The van der Waals surface area contributed by atoms with Gasteiger partial charge in [0.05, 0.1) is 0 Å². The second-order valence-corrected chi connectivity index (χ2v) is 5.10. The van der Waals surface area contributed by atoms with Crippen molar-refractivity contribution in [1.29, 1.82) is 0 Å². The van der Waals surface area contributed by atoms with Gasteiger partial charge >= 0.3 is 6.09 Å². The molecule has 1 aromatic rings. The van der Waals surface area contributed by atoms with Gasteiger partial charge in [0.15, 0.2) is 0 Å². The Bertz CT molecular complexity index is 469. The molecule has 4 nitrogen and oxygen atoms in total. The highest BCUT2D eigenvalue weighted by Crippen LogP contribution is 2.27. The van der Waals surface area contributed by atoms with Crippen LogP contribution in [0.1, 0.15) is 36.0 Å². The second-order valence-electron chi connectivity index (χ2n) is 5.10. The number of carbonyl (C=O) groups is 1. The Hall–Kier alpha value is -1.55. The molecule has 2 N–H and O–H groups in total. The minimum absolute atomic E-state index is 0.154. The third-order valence-corrected chi connectivity index (χ3v) is 3.81. The monoisotopic (exact) mass is 246 g/mol. The average molecular weight is 246 g/mol. The number of fused-ring (bicyclic) bond motifs is 1. The van der Waals surface area contributed by atoms with Gasteiger partial charge in [0, 0.05) is 19.6 Å². The first kappa shape index (κ1) is 11.5. The van der Waals surface area contributed by atoms with E-state index in [1.165, 1.54) is 17.5 Å². The molecule has 1 saturated carbocycles. The van der Waals surface area contributed by atoms with Gasteiger partial charge < -0.3 is 10.5 Å². The van der Waals surface area contributed by atoms with E-state index in [9.17, 15) is 4.79 Å². The van der Waals surface area contributed by atoms with Crippen LogP contribution < -0.4 is 5.73 Å². The Balaban J connectivity index is 1.66. The Morgan fingerprint density at radius 3 is 2.78 bits per heavy atom. The zero-order chi connectivity index (χ0) is 12.5. The van der Waals surface area contributed by atoms with E-state index in [1.807, 2.05) is 6.07 Å². The fourth-order valence-corrected chi connectivity index (χ4v) is 2.41. The highest BCUT2D eigenvalue weighted by atomic mass is 16.6. The molecule has 4 heteroatoms. The molecule has 0 bridgehead atoms. The summed E-state index contributed by atoms with van der Waals surface area (Å²) in [5.41, 5.74) is 9.14. The lowest BCUT2D eigenvalue weighted by Gasteiger charge is -2.27. The zero-order valence-electron chi connectivity index (χ0n) is 10.4. The predicted molar refractivity (Wildman–Crippen MR) is 67.7 cm³/mol. The largest absolute Gasteiger partial charge is 0.446 e. The van der Waals surface area contributed by atoms with Crippen LogP contribution in [0.2, 0.25) is 0 Å². The number of carbonyl (C=O) groups excluding carboxylic acids is 1. The molecule has 18 heavy (non-hydrogen) atoms. The molecule has 1 heterocycles. The molecule has 0 spiro atoms. The maximum Gasteiger partial charge on any atom is 0.410 e. The van der Waals surface area contributed by atoms with E-state index in [-0.39, 0.29) is 12.2 Å². The molecule has 1 aromatic carbocycles. The molecule has 96 valence electrons. The van der Waals surface area contributed by atoms with Crippen LogP contribution in [0.15, 0.2) is 18.2 Å². The van der Waals surface area contributed by atoms with Gasteiger partial charge in [-0.15, -0.1) is 0 Å². The zero-order valence-corrected chi connectivity index (χ0v) is 10.4. The number of nitrogens with two attached hydrogens (primary N) is 1. The third kappa shape index (κ3) is 2.08. The number of rotatable bonds is 2. The number of benzene rings is 1. The first-order valence-electron chi connectivity index (χ1n) is 6.52. The third-order valence-electron chi connectivity index (χ3n) is 3.81. The lowest BCUT2D eigenvalue weighted by atomic mass is 9.96. The van der Waals surface area contributed by atoms with Crippen molar-refractivity contribution in [2.24, 2.45) is 5.73 Å². The Morgan fingerprint density at radius 1 is 1.33 bits per heavy atom. The molecule has 1 aliphatic carbocycles. The molecule has 0 saturated heterocycles. The van der Waals surface area contributed by atoms with E-state index in [0.29, 0.717) is 19.6 Å². The van der Waals surface area contributed by atoms with Crippen LogP contribution >= 0.6 is 0 Å². The first-order chi connectivity index (χ1) is 8.76. The molecule has 2 aliphatic rings. The van der Waals surface area contributed by atoms with E-state index in [2.05, 4.69) is 12.1 Å². The van der Waals surface area contributed by atoms with Crippen LogP contribution in [0.5, 0.6) is 0 Å². The van der Waals surface area contributed by atoms with E-state index < -0.39 is 0 Å². The maximum absolute atomic E-state index is 12.0. The second kappa shape index (κ2) is 4.61. The Kier molecular flexibility index (Phi) is 2.96. The summed E-state index contributed by atoms with van der Waals surface area (Å²) < 4.78 is 5.42. The SMILES string of the molecule is NCc1ccc2c(c1)CN(C(=O)OC1CCC1)C2. The highest BCUT2D eigenvalue weighted by molar-refractivity contribution is 5.69. The van der Waals surface area contributed by atoms with Crippen LogP contribution in [0.4, 0.5) is 4.79 Å². The summed E-state index contributed by atoms with van der Waals surface area (Å²) in [6.07, 6.45) is 3.19. The van der Waals surface area contributed by atoms with Crippen molar-refractivity contribution in [2.75, 3.05) is 0 Å². The summed E-state index contributed by atoms with van der Waals surface area (Å²) in [4.78, 5) is 13.7. The Labute approximate surface area is 107 Å². The fourth-order valence-electron chi connectivity index (χ4n) is 2.41. The molecule has 0 unspecified atom stereocenters. The number of amides is 1. The minimum Gasteiger partial charge on any atom is -0.446 e. The van der Waals surface area contributed by atoms with Gasteiger partial charge in [-0.25, -0.2) is 4.79 Å². The predicted octanol–water partition coefficient (Wildman–Crippen LogP) is 2.15.